The third kappa shape index (κ3) is 5.11. The number of rotatable bonds is 8. The Balaban J connectivity index is 1.35. The summed E-state index contributed by atoms with van der Waals surface area (Å²) in [6.45, 7) is 7.05. The van der Waals surface area contributed by atoms with Crippen LogP contribution in [0, 0.1) is 0 Å². The van der Waals surface area contributed by atoms with Gasteiger partial charge in [0.05, 0.1) is 16.5 Å². The molecule has 0 spiro atoms. The molecule has 10 heteroatoms. The number of amides is 1. The van der Waals surface area contributed by atoms with Crippen LogP contribution in [0.1, 0.15) is 13.8 Å². The second-order valence-corrected chi connectivity index (χ2v) is 8.24. The highest BCUT2D eigenvalue weighted by Gasteiger charge is 2.17. The zero-order valence-corrected chi connectivity index (χ0v) is 19.3. The lowest BCUT2D eigenvalue weighted by atomic mass is 10.2. The molecule has 0 fully saturated rings. The van der Waals surface area contributed by atoms with Gasteiger partial charge in [0.15, 0.2) is 11.5 Å². The highest BCUT2D eigenvalue weighted by atomic mass is 35.5. The van der Waals surface area contributed by atoms with Gasteiger partial charge in [0.25, 0.3) is 5.22 Å². The second kappa shape index (κ2) is 10.1. The second-order valence-electron chi connectivity index (χ2n) is 6.90. The molecule has 1 aliphatic rings. The Labute approximate surface area is 195 Å². The van der Waals surface area contributed by atoms with Crippen LogP contribution in [0.25, 0.3) is 11.5 Å². The SMILES string of the molecule is CCN(CC)c1ccc(-c2nnc(SCC(=O)Nc3cc4c(cc3Cl)OCCO4)o2)cc1. The highest BCUT2D eigenvalue weighted by Crippen LogP contribution is 2.38. The minimum Gasteiger partial charge on any atom is -0.486 e. The van der Waals surface area contributed by atoms with Crippen LogP contribution in [0.5, 0.6) is 11.5 Å². The van der Waals surface area contributed by atoms with E-state index in [1.165, 1.54) is 0 Å². The first-order valence-corrected chi connectivity index (χ1v) is 11.6. The largest absolute Gasteiger partial charge is 0.486 e. The highest BCUT2D eigenvalue weighted by molar-refractivity contribution is 7.99. The molecule has 1 amide bonds. The molecule has 0 aliphatic carbocycles. The number of ether oxygens (including phenoxy) is 2. The standard InChI is InChI=1S/C22H23ClN4O4S/c1-3-27(4-2)15-7-5-14(6-8-15)21-25-26-22(31-21)32-13-20(28)24-17-12-19-18(11-16(17)23)29-9-10-30-19/h5-8,11-12H,3-4,9-10,13H2,1-2H3,(H,24,28). The van der Waals surface area contributed by atoms with E-state index in [4.69, 9.17) is 25.5 Å². The molecule has 1 N–H and O–H groups in total. The van der Waals surface area contributed by atoms with E-state index in [0.29, 0.717) is 46.5 Å². The van der Waals surface area contributed by atoms with Gasteiger partial charge in [0.2, 0.25) is 11.8 Å². The Morgan fingerprint density at radius 3 is 2.47 bits per heavy atom. The number of carbonyl (C=O) groups excluding carboxylic acids is 1. The van der Waals surface area contributed by atoms with Gasteiger partial charge in [-0.1, -0.05) is 23.4 Å². The fourth-order valence-electron chi connectivity index (χ4n) is 3.26. The number of fused-ring (bicyclic) bond motifs is 1. The first-order chi connectivity index (χ1) is 15.6. The summed E-state index contributed by atoms with van der Waals surface area (Å²) in [5.74, 6) is 1.37. The van der Waals surface area contributed by atoms with Gasteiger partial charge in [-0.05, 0) is 38.1 Å². The number of carbonyl (C=O) groups is 1. The number of aromatic nitrogens is 2. The molecular weight excluding hydrogens is 452 g/mol. The van der Waals surface area contributed by atoms with Gasteiger partial charge < -0.3 is 24.1 Å². The van der Waals surface area contributed by atoms with E-state index in [1.54, 1.807) is 12.1 Å². The molecular formula is C22H23ClN4O4S. The number of benzene rings is 2. The first-order valence-electron chi connectivity index (χ1n) is 10.3. The maximum absolute atomic E-state index is 12.4. The number of thioether (sulfide) groups is 1. The van der Waals surface area contributed by atoms with E-state index in [0.717, 1.165) is 36.1 Å². The lowest BCUT2D eigenvalue weighted by molar-refractivity contribution is -0.113. The molecule has 2 heterocycles. The van der Waals surface area contributed by atoms with E-state index in [2.05, 4.69) is 34.3 Å². The van der Waals surface area contributed by atoms with Crippen molar-refractivity contribution >= 4 is 40.6 Å². The van der Waals surface area contributed by atoms with Gasteiger partial charge in [-0.2, -0.15) is 0 Å². The maximum atomic E-state index is 12.4. The van der Waals surface area contributed by atoms with E-state index in [9.17, 15) is 4.79 Å². The molecule has 4 rings (SSSR count). The van der Waals surface area contributed by atoms with Gasteiger partial charge in [0, 0.05) is 36.5 Å². The molecule has 2 aromatic carbocycles. The van der Waals surface area contributed by atoms with Gasteiger partial charge in [-0.3, -0.25) is 4.79 Å². The topological polar surface area (TPSA) is 89.7 Å². The number of hydrogen-bond donors (Lipinski definition) is 1. The minimum atomic E-state index is -0.253. The van der Waals surface area contributed by atoms with Crippen molar-refractivity contribution < 1.29 is 18.7 Å². The zero-order valence-electron chi connectivity index (χ0n) is 17.8. The summed E-state index contributed by atoms with van der Waals surface area (Å²) in [7, 11) is 0. The van der Waals surface area contributed by atoms with Crippen molar-refractivity contribution in [3.05, 3.63) is 41.4 Å². The van der Waals surface area contributed by atoms with Crippen molar-refractivity contribution in [3.63, 3.8) is 0 Å². The summed E-state index contributed by atoms with van der Waals surface area (Å²) < 4.78 is 16.7. The molecule has 0 atom stereocenters. The third-order valence-electron chi connectivity index (χ3n) is 4.88. The molecule has 32 heavy (non-hydrogen) atoms. The van der Waals surface area contributed by atoms with Crippen LogP contribution in [-0.4, -0.2) is 48.2 Å². The molecule has 0 unspecified atom stereocenters. The predicted octanol–water partition coefficient (Wildman–Crippen LogP) is 4.74. The van der Waals surface area contributed by atoms with Gasteiger partial charge in [-0.25, -0.2) is 0 Å². The van der Waals surface area contributed by atoms with Crippen molar-refractivity contribution in [2.75, 3.05) is 42.3 Å². The van der Waals surface area contributed by atoms with Gasteiger partial charge >= 0.3 is 0 Å². The molecule has 1 aliphatic heterocycles. The maximum Gasteiger partial charge on any atom is 0.277 e. The number of nitrogens with one attached hydrogen (secondary N) is 1. The van der Waals surface area contributed by atoms with Crippen LogP contribution in [0.4, 0.5) is 11.4 Å². The zero-order chi connectivity index (χ0) is 22.5. The van der Waals surface area contributed by atoms with Crippen LogP contribution in [0.2, 0.25) is 5.02 Å². The average Bonchev–Trinajstić information content (AvgIpc) is 3.29. The summed E-state index contributed by atoms with van der Waals surface area (Å²) in [6, 6.07) is 11.3. The summed E-state index contributed by atoms with van der Waals surface area (Å²) in [5, 5.41) is 11.6. The number of halogens is 1. The Hall–Kier alpha value is -2.91. The minimum absolute atomic E-state index is 0.0906. The van der Waals surface area contributed by atoms with Crippen LogP contribution < -0.4 is 19.7 Å². The molecule has 0 saturated heterocycles. The number of anilines is 2. The molecule has 168 valence electrons. The summed E-state index contributed by atoms with van der Waals surface area (Å²) >= 11 is 7.40. The van der Waals surface area contributed by atoms with Crippen LogP contribution >= 0.6 is 23.4 Å². The summed E-state index contributed by atoms with van der Waals surface area (Å²) in [4.78, 5) is 14.6. The Morgan fingerprint density at radius 2 is 1.78 bits per heavy atom. The predicted molar refractivity (Wildman–Crippen MR) is 125 cm³/mol. The fraction of sp³-hybridized carbons (Fsp3) is 0.318. The quantitative estimate of drug-likeness (QED) is 0.468. The van der Waals surface area contributed by atoms with Crippen molar-refractivity contribution in [1.29, 1.82) is 0 Å². The summed E-state index contributed by atoms with van der Waals surface area (Å²) in [5.41, 5.74) is 2.43. The van der Waals surface area contributed by atoms with Crippen LogP contribution in [0.15, 0.2) is 46.0 Å². The van der Waals surface area contributed by atoms with Crippen molar-refractivity contribution in [3.8, 4) is 23.0 Å². The van der Waals surface area contributed by atoms with Crippen molar-refractivity contribution in [2.24, 2.45) is 0 Å². The first kappa shape index (κ1) is 22.3. The monoisotopic (exact) mass is 474 g/mol. The van der Waals surface area contributed by atoms with E-state index >= 15 is 0 Å². The lowest BCUT2D eigenvalue weighted by Crippen LogP contribution is -2.21. The number of hydrogen-bond acceptors (Lipinski definition) is 8. The van der Waals surface area contributed by atoms with Gasteiger partial charge in [0.1, 0.15) is 13.2 Å². The molecule has 0 radical (unpaired) electrons. The van der Waals surface area contributed by atoms with Crippen LogP contribution in [0.3, 0.4) is 0 Å². The molecule has 3 aromatic rings. The van der Waals surface area contributed by atoms with Crippen LogP contribution in [-0.2, 0) is 4.79 Å². The normalized spacial score (nSPS) is 12.5. The molecule has 0 bridgehead atoms. The fourth-order valence-corrected chi connectivity index (χ4v) is 4.03. The van der Waals surface area contributed by atoms with E-state index < -0.39 is 0 Å². The van der Waals surface area contributed by atoms with E-state index in [1.807, 2.05) is 24.3 Å². The molecule has 0 saturated carbocycles. The Kier molecular flexibility index (Phi) is 7.06. The smallest absolute Gasteiger partial charge is 0.277 e. The average molecular weight is 475 g/mol. The Morgan fingerprint density at radius 1 is 1.09 bits per heavy atom. The lowest BCUT2D eigenvalue weighted by Gasteiger charge is -2.20. The van der Waals surface area contributed by atoms with Gasteiger partial charge in [-0.15, -0.1) is 10.2 Å². The van der Waals surface area contributed by atoms with Crippen molar-refractivity contribution in [1.82, 2.24) is 10.2 Å². The number of nitrogens with zero attached hydrogens (tertiary/aromatic N) is 3. The third-order valence-corrected chi connectivity index (χ3v) is 6.01. The van der Waals surface area contributed by atoms with E-state index in [-0.39, 0.29) is 11.7 Å². The summed E-state index contributed by atoms with van der Waals surface area (Å²) in [6.07, 6.45) is 0. The molecule has 1 aromatic heterocycles. The molecule has 8 nitrogen and oxygen atoms in total. The Bertz CT molecular complexity index is 1090. The van der Waals surface area contributed by atoms with Crippen molar-refractivity contribution in [2.45, 2.75) is 19.1 Å².